The van der Waals surface area contributed by atoms with Gasteiger partial charge < -0.3 is 5.32 Å². The third-order valence-corrected chi connectivity index (χ3v) is 6.57. The lowest BCUT2D eigenvalue weighted by Crippen LogP contribution is -2.60. The molecule has 6 rings (SSSR count). The number of aryl methyl sites for hydroxylation is 1. The van der Waals surface area contributed by atoms with Crippen LogP contribution in [-0.2, 0) is 11.3 Å². The van der Waals surface area contributed by atoms with Gasteiger partial charge in [-0.15, -0.1) is 10.2 Å². The second-order valence-corrected chi connectivity index (χ2v) is 8.70. The van der Waals surface area contributed by atoms with E-state index < -0.39 is 0 Å². The molecule has 1 N–H and O–H groups in total. The van der Waals surface area contributed by atoms with Crippen molar-refractivity contribution in [3.05, 3.63) is 29.8 Å². The summed E-state index contributed by atoms with van der Waals surface area (Å²) in [4.78, 5) is 14.1. The topological polar surface area (TPSA) is 72.7 Å². The van der Waals surface area contributed by atoms with Crippen molar-refractivity contribution in [1.29, 1.82) is 0 Å². The van der Waals surface area contributed by atoms with Gasteiger partial charge in [-0.25, -0.2) is 0 Å². The zero-order valence-electron chi connectivity index (χ0n) is 15.2. The number of rotatable bonds is 4. The molecule has 0 radical (unpaired) electrons. The summed E-state index contributed by atoms with van der Waals surface area (Å²) in [6.07, 6.45) is 7.59. The molecule has 0 spiro atoms. The predicted octanol–water partition coefficient (Wildman–Crippen LogP) is 2.73. The molecule has 26 heavy (non-hydrogen) atoms. The van der Waals surface area contributed by atoms with Crippen LogP contribution < -0.4 is 5.32 Å². The molecule has 1 aromatic heterocycles. The van der Waals surface area contributed by atoms with Gasteiger partial charge in [-0.1, -0.05) is 24.3 Å². The summed E-state index contributed by atoms with van der Waals surface area (Å²) < 4.78 is 0. The first-order valence-corrected chi connectivity index (χ1v) is 9.73. The summed E-state index contributed by atoms with van der Waals surface area (Å²) in [6, 6.07) is 7.95. The first kappa shape index (κ1) is 16.0. The van der Waals surface area contributed by atoms with E-state index in [2.05, 4.69) is 20.7 Å². The second kappa shape index (κ2) is 5.89. The molecular formula is C20H25N5O. The number of carbonyl (C=O) groups is 1. The molecule has 0 unspecified atom stereocenters. The second-order valence-electron chi connectivity index (χ2n) is 8.70. The molecule has 1 amide bonds. The molecule has 4 fully saturated rings. The molecular weight excluding hydrogens is 326 g/mol. The van der Waals surface area contributed by atoms with Crippen LogP contribution >= 0.6 is 0 Å². The van der Waals surface area contributed by atoms with Crippen molar-refractivity contribution in [3.8, 4) is 11.4 Å². The Morgan fingerprint density at radius 3 is 2.46 bits per heavy atom. The van der Waals surface area contributed by atoms with E-state index in [-0.39, 0.29) is 18.0 Å². The minimum absolute atomic E-state index is 0.0145. The van der Waals surface area contributed by atoms with Crippen molar-refractivity contribution in [1.82, 2.24) is 25.5 Å². The molecule has 4 bridgehead atoms. The zero-order chi connectivity index (χ0) is 17.7. The SMILES string of the molecule is Cc1ccccc1-c1nnn(CC(=O)NC23CC4CC(CC(C4)C2)C3)n1. The van der Waals surface area contributed by atoms with Gasteiger partial charge in [0.25, 0.3) is 0 Å². The molecule has 0 saturated heterocycles. The molecule has 0 aliphatic heterocycles. The van der Waals surface area contributed by atoms with E-state index in [1.807, 2.05) is 31.2 Å². The number of benzene rings is 1. The molecule has 6 nitrogen and oxygen atoms in total. The fourth-order valence-corrected chi connectivity index (χ4v) is 5.97. The van der Waals surface area contributed by atoms with Gasteiger partial charge in [0, 0.05) is 11.1 Å². The number of aromatic nitrogens is 4. The fourth-order valence-electron chi connectivity index (χ4n) is 5.97. The van der Waals surface area contributed by atoms with Crippen molar-refractivity contribution in [2.24, 2.45) is 17.8 Å². The van der Waals surface area contributed by atoms with Gasteiger partial charge in [-0.05, 0) is 74.0 Å². The minimum Gasteiger partial charge on any atom is -0.349 e. The van der Waals surface area contributed by atoms with Crippen LogP contribution in [0.4, 0.5) is 0 Å². The van der Waals surface area contributed by atoms with Gasteiger partial charge in [-0.2, -0.15) is 4.80 Å². The van der Waals surface area contributed by atoms with E-state index in [9.17, 15) is 4.79 Å². The quantitative estimate of drug-likeness (QED) is 0.919. The molecule has 136 valence electrons. The van der Waals surface area contributed by atoms with Crippen molar-refractivity contribution in [3.63, 3.8) is 0 Å². The van der Waals surface area contributed by atoms with Gasteiger partial charge in [0.2, 0.25) is 11.7 Å². The summed E-state index contributed by atoms with van der Waals surface area (Å²) in [7, 11) is 0. The predicted molar refractivity (Wildman–Crippen MR) is 97.0 cm³/mol. The third kappa shape index (κ3) is 2.81. The average Bonchev–Trinajstić information content (AvgIpc) is 3.01. The van der Waals surface area contributed by atoms with Gasteiger partial charge >= 0.3 is 0 Å². The maximum absolute atomic E-state index is 12.7. The third-order valence-electron chi connectivity index (χ3n) is 6.57. The smallest absolute Gasteiger partial charge is 0.244 e. The minimum atomic E-state index is 0.0145. The molecule has 4 aliphatic carbocycles. The average molecular weight is 351 g/mol. The summed E-state index contributed by atoms with van der Waals surface area (Å²) in [5, 5.41) is 16.0. The highest BCUT2D eigenvalue weighted by atomic mass is 16.2. The van der Waals surface area contributed by atoms with E-state index in [0.29, 0.717) is 5.82 Å². The van der Waals surface area contributed by atoms with Crippen molar-refractivity contribution in [2.45, 2.75) is 57.5 Å². The monoisotopic (exact) mass is 351 g/mol. The number of nitrogens with one attached hydrogen (secondary N) is 1. The molecule has 4 saturated carbocycles. The Morgan fingerprint density at radius 1 is 1.15 bits per heavy atom. The van der Waals surface area contributed by atoms with Crippen LogP contribution in [0, 0.1) is 24.7 Å². The van der Waals surface area contributed by atoms with Gasteiger partial charge in [0.15, 0.2) is 0 Å². The van der Waals surface area contributed by atoms with Crippen LogP contribution in [0.5, 0.6) is 0 Å². The zero-order valence-corrected chi connectivity index (χ0v) is 15.2. The normalized spacial score (nSPS) is 32.0. The van der Waals surface area contributed by atoms with Crippen LogP contribution in [0.25, 0.3) is 11.4 Å². The number of hydrogen-bond donors (Lipinski definition) is 1. The highest BCUT2D eigenvalue weighted by molar-refractivity contribution is 5.76. The number of carbonyl (C=O) groups excluding carboxylic acids is 1. The van der Waals surface area contributed by atoms with Crippen LogP contribution in [0.1, 0.15) is 44.1 Å². The Balaban J connectivity index is 1.27. The Morgan fingerprint density at radius 2 is 1.81 bits per heavy atom. The van der Waals surface area contributed by atoms with E-state index in [1.165, 1.54) is 24.1 Å². The van der Waals surface area contributed by atoms with Crippen LogP contribution in [0.2, 0.25) is 0 Å². The Kier molecular flexibility index (Phi) is 3.62. The summed E-state index contributed by atoms with van der Waals surface area (Å²) in [5.74, 6) is 3.04. The number of hydrogen-bond acceptors (Lipinski definition) is 4. The number of nitrogens with zero attached hydrogens (tertiary/aromatic N) is 4. The molecule has 6 heteroatoms. The van der Waals surface area contributed by atoms with E-state index in [4.69, 9.17) is 0 Å². The maximum atomic E-state index is 12.7. The van der Waals surface area contributed by atoms with Gasteiger partial charge in [-0.3, -0.25) is 4.79 Å². The largest absolute Gasteiger partial charge is 0.349 e. The van der Waals surface area contributed by atoms with Crippen LogP contribution in [0.3, 0.4) is 0 Å². The lowest BCUT2D eigenvalue weighted by atomic mass is 9.53. The maximum Gasteiger partial charge on any atom is 0.244 e. The highest BCUT2D eigenvalue weighted by Gasteiger charge is 2.51. The van der Waals surface area contributed by atoms with E-state index in [0.717, 1.165) is 48.1 Å². The number of tetrazole rings is 1. The molecule has 4 aliphatic rings. The lowest BCUT2D eigenvalue weighted by molar-refractivity contribution is -0.127. The standard InChI is InChI=1S/C20H25N5O/c1-13-4-2-3-5-17(13)19-22-24-25(23-19)12-18(26)21-20-9-14-6-15(10-20)8-16(7-14)11-20/h2-5,14-16H,6-12H2,1H3,(H,21,26). The van der Waals surface area contributed by atoms with Crippen molar-refractivity contribution < 1.29 is 4.79 Å². The first-order chi connectivity index (χ1) is 12.6. The molecule has 1 heterocycles. The Bertz CT molecular complexity index is 807. The van der Waals surface area contributed by atoms with Crippen molar-refractivity contribution in [2.75, 3.05) is 0 Å². The summed E-state index contributed by atoms with van der Waals surface area (Å²) >= 11 is 0. The Labute approximate surface area is 153 Å². The van der Waals surface area contributed by atoms with Crippen LogP contribution in [0.15, 0.2) is 24.3 Å². The van der Waals surface area contributed by atoms with E-state index in [1.54, 1.807) is 0 Å². The summed E-state index contributed by atoms with van der Waals surface area (Å²) in [5.41, 5.74) is 2.09. The summed E-state index contributed by atoms with van der Waals surface area (Å²) in [6.45, 7) is 2.16. The number of amides is 1. The van der Waals surface area contributed by atoms with Crippen molar-refractivity contribution >= 4 is 5.91 Å². The van der Waals surface area contributed by atoms with E-state index >= 15 is 0 Å². The van der Waals surface area contributed by atoms with Crippen LogP contribution in [-0.4, -0.2) is 31.7 Å². The molecule has 0 atom stereocenters. The van der Waals surface area contributed by atoms with Gasteiger partial charge in [0.1, 0.15) is 6.54 Å². The highest BCUT2D eigenvalue weighted by Crippen LogP contribution is 2.55. The van der Waals surface area contributed by atoms with Gasteiger partial charge in [0.05, 0.1) is 0 Å². The molecule has 2 aromatic rings. The fraction of sp³-hybridized carbons (Fsp3) is 0.600. The first-order valence-electron chi connectivity index (χ1n) is 9.73. The molecule has 1 aromatic carbocycles. The lowest BCUT2D eigenvalue weighted by Gasteiger charge is -2.56. The Hall–Kier alpha value is -2.24.